The average molecular weight is 259 g/mol. The molecule has 3 nitrogen and oxygen atoms in total. The number of aromatic nitrogens is 2. The van der Waals surface area contributed by atoms with Crippen molar-refractivity contribution in [1.29, 1.82) is 0 Å². The maximum Gasteiger partial charge on any atom is 0.214 e. The molecule has 15 heavy (non-hydrogen) atoms. The van der Waals surface area contributed by atoms with Crippen molar-refractivity contribution >= 4 is 55.1 Å². The van der Waals surface area contributed by atoms with Crippen molar-refractivity contribution in [2.45, 2.75) is 0 Å². The fourth-order valence-corrected chi connectivity index (χ4v) is 2.24. The van der Waals surface area contributed by atoms with Crippen molar-refractivity contribution in [3.8, 4) is 0 Å². The number of nitrogens with zero attached hydrogens (tertiary/aromatic N) is 2. The first-order valence-electron chi connectivity index (χ1n) is 3.97. The number of fused-ring (bicyclic) bond motifs is 1. The molecule has 1 N–H and O–H groups in total. The monoisotopic (exact) mass is 259 g/mol. The first-order chi connectivity index (χ1) is 7.19. The highest BCUT2D eigenvalue weighted by Crippen LogP contribution is 2.24. The molecule has 0 fully saturated rings. The van der Waals surface area contributed by atoms with Gasteiger partial charge in [-0.1, -0.05) is 23.6 Å². The van der Waals surface area contributed by atoms with E-state index in [4.69, 9.17) is 12.2 Å². The molecule has 78 valence electrons. The summed E-state index contributed by atoms with van der Waals surface area (Å²) < 4.78 is 13.4. The Balaban J connectivity index is 2.34. The molecule has 0 radical (unpaired) electrons. The van der Waals surface area contributed by atoms with Crippen LogP contribution in [0.2, 0.25) is 0 Å². The minimum atomic E-state index is -0.495. The lowest BCUT2D eigenvalue weighted by molar-refractivity contribution is 0.589. The van der Waals surface area contributed by atoms with E-state index >= 15 is 0 Å². The summed E-state index contributed by atoms with van der Waals surface area (Å²) in [5.74, 6) is -0.495. The third kappa shape index (κ3) is 2.42. The molecule has 7 heteroatoms. The van der Waals surface area contributed by atoms with Crippen LogP contribution in [0.5, 0.6) is 0 Å². The molecule has 0 bridgehead atoms. The van der Waals surface area contributed by atoms with Crippen LogP contribution in [0, 0.1) is 5.95 Å². The fraction of sp³-hybridized carbons (Fsp3) is 0.125. The van der Waals surface area contributed by atoms with Crippen LogP contribution >= 0.6 is 35.3 Å². The molecule has 0 saturated carbocycles. The van der Waals surface area contributed by atoms with Gasteiger partial charge in [0.1, 0.15) is 14.7 Å². The molecule has 0 aliphatic rings. The number of hydrogen-bond acceptors (Lipinski definition) is 5. The molecule has 0 saturated heterocycles. The van der Waals surface area contributed by atoms with Gasteiger partial charge >= 0.3 is 0 Å². The zero-order chi connectivity index (χ0) is 10.8. The molecular formula is C8H6FN3S3. The van der Waals surface area contributed by atoms with Crippen molar-refractivity contribution in [2.24, 2.45) is 0 Å². The Morgan fingerprint density at radius 2 is 2.33 bits per heavy atom. The van der Waals surface area contributed by atoms with Gasteiger partial charge in [0.15, 0.2) is 5.13 Å². The summed E-state index contributed by atoms with van der Waals surface area (Å²) >= 11 is 7.70. The molecule has 2 aromatic heterocycles. The third-order valence-electron chi connectivity index (χ3n) is 1.62. The van der Waals surface area contributed by atoms with E-state index in [1.54, 1.807) is 6.07 Å². The molecule has 0 atom stereocenters. The highest BCUT2D eigenvalue weighted by atomic mass is 32.2. The SMILES string of the molecule is CSC(=S)Nc1nc2ccc(F)nc2s1. The van der Waals surface area contributed by atoms with Gasteiger partial charge in [0, 0.05) is 0 Å². The van der Waals surface area contributed by atoms with E-state index < -0.39 is 5.95 Å². The van der Waals surface area contributed by atoms with Gasteiger partial charge in [0.25, 0.3) is 0 Å². The lowest BCUT2D eigenvalue weighted by Crippen LogP contribution is -2.02. The quantitative estimate of drug-likeness (QED) is 0.629. The van der Waals surface area contributed by atoms with Crippen molar-refractivity contribution in [3.05, 3.63) is 18.1 Å². The minimum absolute atomic E-state index is 0.495. The van der Waals surface area contributed by atoms with Crippen molar-refractivity contribution in [3.63, 3.8) is 0 Å². The second-order valence-electron chi connectivity index (χ2n) is 2.59. The molecule has 0 aliphatic heterocycles. The van der Waals surface area contributed by atoms with Crippen LogP contribution in [0.4, 0.5) is 9.52 Å². The Hall–Kier alpha value is -0.790. The van der Waals surface area contributed by atoms with Crippen molar-refractivity contribution < 1.29 is 4.39 Å². The van der Waals surface area contributed by atoms with Gasteiger partial charge in [-0.3, -0.25) is 0 Å². The Morgan fingerprint density at radius 1 is 1.53 bits per heavy atom. The second-order valence-corrected chi connectivity index (χ2v) is 5.05. The maximum absolute atomic E-state index is 12.8. The topological polar surface area (TPSA) is 37.8 Å². The van der Waals surface area contributed by atoms with E-state index in [1.807, 2.05) is 6.26 Å². The third-order valence-corrected chi connectivity index (χ3v) is 3.57. The van der Waals surface area contributed by atoms with Gasteiger partial charge < -0.3 is 5.32 Å². The van der Waals surface area contributed by atoms with Crippen LogP contribution in [0.3, 0.4) is 0 Å². The fourth-order valence-electron chi connectivity index (χ4n) is 0.986. The predicted molar refractivity (Wildman–Crippen MR) is 67.1 cm³/mol. The minimum Gasteiger partial charge on any atom is -0.317 e. The van der Waals surface area contributed by atoms with Crippen LogP contribution in [0.15, 0.2) is 12.1 Å². The van der Waals surface area contributed by atoms with Gasteiger partial charge in [0.05, 0.1) is 0 Å². The van der Waals surface area contributed by atoms with E-state index in [2.05, 4.69) is 15.3 Å². The number of rotatable bonds is 1. The maximum atomic E-state index is 12.8. The summed E-state index contributed by atoms with van der Waals surface area (Å²) in [5, 5.41) is 3.58. The van der Waals surface area contributed by atoms with Gasteiger partial charge in [-0.15, -0.1) is 11.8 Å². The Labute approximate surface area is 99.1 Å². The van der Waals surface area contributed by atoms with Crippen LogP contribution in [-0.4, -0.2) is 20.5 Å². The van der Waals surface area contributed by atoms with Gasteiger partial charge in [-0.25, -0.2) is 9.97 Å². The highest BCUT2D eigenvalue weighted by Gasteiger charge is 2.06. The van der Waals surface area contributed by atoms with Gasteiger partial charge in [0.2, 0.25) is 5.95 Å². The number of thiazole rings is 1. The second kappa shape index (κ2) is 4.38. The number of thiocarbonyl (C=S) groups is 1. The summed E-state index contributed by atoms with van der Waals surface area (Å²) in [6, 6.07) is 2.89. The summed E-state index contributed by atoms with van der Waals surface area (Å²) in [5.41, 5.74) is 0.674. The van der Waals surface area contributed by atoms with Crippen molar-refractivity contribution in [2.75, 3.05) is 11.6 Å². The molecule has 0 aromatic carbocycles. The number of anilines is 1. The average Bonchev–Trinajstić information content (AvgIpc) is 2.59. The predicted octanol–water partition coefficient (Wildman–Crippen LogP) is 2.89. The Morgan fingerprint density at radius 3 is 3.07 bits per heavy atom. The number of hydrogen-bond donors (Lipinski definition) is 1. The van der Waals surface area contributed by atoms with Gasteiger partial charge in [-0.2, -0.15) is 4.39 Å². The summed E-state index contributed by atoms with van der Waals surface area (Å²) in [4.78, 5) is 8.52. The first kappa shape index (κ1) is 10.7. The zero-order valence-electron chi connectivity index (χ0n) is 7.65. The largest absolute Gasteiger partial charge is 0.317 e. The molecule has 0 spiro atoms. The van der Waals surface area contributed by atoms with E-state index in [-0.39, 0.29) is 0 Å². The van der Waals surface area contributed by atoms with E-state index in [9.17, 15) is 4.39 Å². The Bertz CT molecular complexity index is 511. The van der Waals surface area contributed by atoms with Crippen molar-refractivity contribution in [1.82, 2.24) is 9.97 Å². The lowest BCUT2D eigenvalue weighted by atomic mass is 10.4. The van der Waals surface area contributed by atoms with Crippen LogP contribution in [-0.2, 0) is 0 Å². The molecule has 2 aromatic rings. The van der Waals surface area contributed by atoms with Gasteiger partial charge in [-0.05, 0) is 18.4 Å². The lowest BCUT2D eigenvalue weighted by Gasteiger charge is -1.97. The number of halogens is 1. The number of pyridine rings is 1. The van der Waals surface area contributed by atoms with Crippen LogP contribution < -0.4 is 5.32 Å². The highest BCUT2D eigenvalue weighted by molar-refractivity contribution is 8.22. The van der Waals surface area contributed by atoms with E-state index in [1.165, 1.54) is 29.2 Å². The molecule has 0 aliphatic carbocycles. The number of nitrogens with one attached hydrogen (secondary N) is 1. The molecule has 2 rings (SSSR count). The summed E-state index contributed by atoms with van der Waals surface area (Å²) in [6.07, 6.45) is 1.88. The molecule has 0 amide bonds. The standard InChI is InChI=1S/C8H6FN3S3/c1-14-8(13)12-7-10-4-2-3-5(9)11-6(4)15-7/h2-3H,1H3,(H,10,12,13). The van der Waals surface area contributed by atoms with E-state index in [0.717, 1.165) is 0 Å². The Kier molecular flexibility index (Phi) is 3.13. The van der Waals surface area contributed by atoms with E-state index in [0.29, 0.717) is 19.8 Å². The number of thioether (sulfide) groups is 1. The van der Waals surface area contributed by atoms with Crippen LogP contribution in [0.1, 0.15) is 0 Å². The van der Waals surface area contributed by atoms with Crippen LogP contribution in [0.25, 0.3) is 10.3 Å². The molecule has 0 unspecified atom stereocenters. The zero-order valence-corrected chi connectivity index (χ0v) is 10.1. The molecular weight excluding hydrogens is 253 g/mol. The summed E-state index contributed by atoms with van der Waals surface area (Å²) in [7, 11) is 0. The summed E-state index contributed by atoms with van der Waals surface area (Å²) in [6.45, 7) is 0. The smallest absolute Gasteiger partial charge is 0.214 e. The molecule has 2 heterocycles. The normalized spacial score (nSPS) is 10.5. The first-order valence-corrected chi connectivity index (χ1v) is 6.42.